The van der Waals surface area contributed by atoms with Crippen molar-refractivity contribution in [2.24, 2.45) is 0 Å². The Hall–Kier alpha value is -2.49. The number of hydrogen-bond donors (Lipinski definition) is 1. The van der Waals surface area contributed by atoms with Crippen molar-refractivity contribution in [2.75, 3.05) is 5.32 Å². The smallest absolute Gasteiger partial charge is 0.137 e. The van der Waals surface area contributed by atoms with E-state index >= 15 is 0 Å². The number of halogens is 1. The SMILES string of the molecule is Fc1ccc(CNc2nc(C3CCCCC3)nc3ccccc23)cc1. The maximum Gasteiger partial charge on any atom is 0.137 e. The predicted octanol–water partition coefficient (Wildman–Crippen LogP) is 5.43. The maximum absolute atomic E-state index is 13.1. The first kappa shape index (κ1) is 16.0. The number of aromatic nitrogens is 2. The average molecular weight is 335 g/mol. The van der Waals surface area contributed by atoms with Crippen molar-refractivity contribution < 1.29 is 4.39 Å². The molecule has 0 unspecified atom stereocenters. The normalized spacial score (nSPS) is 15.4. The molecule has 0 saturated heterocycles. The molecule has 1 aromatic heterocycles. The second-order valence-electron chi connectivity index (χ2n) is 6.76. The van der Waals surface area contributed by atoms with Gasteiger partial charge in [-0.05, 0) is 42.7 Å². The van der Waals surface area contributed by atoms with Crippen LogP contribution in [0, 0.1) is 5.82 Å². The Labute approximate surface area is 147 Å². The minimum absolute atomic E-state index is 0.212. The molecule has 0 bridgehead atoms. The van der Waals surface area contributed by atoms with E-state index < -0.39 is 0 Å². The third-order valence-corrected chi connectivity index (χ3v) is 4.96. The van der Waals surface area contributed by atoms with E-state index in [-0.39, 0.29) is 5.82 Å². The van der Waals surface area contributed by atoms with Crippen molar-refractivity contribution in [3.05, 3.63) is 65.7 Å². The summed E-state index contributed by atoms with van der Waals surface area (Å²) in [6.45, 7) is 0.616. The lowest BCUT2D eigenvalue weighted by molar-refractivity contribution is 0.430. The van der Waals surface area contributed by atoms with Crippen molar-refractivity contribution in [1.29, 1.82) is 0 Å². The number of para-hydroxylation sites is 1. The second kappa shape index (κ2) is 7.18. The van der Waals surface area contributed by atoms with Crippen molar-refractivity contribution in [3.8, 4) is 0 Å². The molecule has 0 amide bonds. The fourth-order valence-electron chi connectivity index (χ4n) is 3.56. The quantitative estimate of drug-likeness (QED) is 0.691. The van der Waals surface area contributed by atoms with E-state index in [2.05, 4.69) is 5.32 Å². The molecule has 2 aromatic carbocycles. The second-order valence-corrected chi connectivity index (χ2v) is 6.76. The van der Waals surface area contributed by atoms with Crippen LogP contribution in [0.5, 0.6) is 0 Å². The molecule has 1 saturated carbocycles. The predicted molar refractivity (Wildman–Crippen MR) is 99.1 cm³/mol. The number of anilines is 1. The first-order valence-corrected chi connectivity index (χ1v) is 9.04. The summed E-state index contributed by atoms with van der Waals surface area (Å²) in [6.07, 6.45) is 6.20. The van der Waals surface area contributed by atoms with Crippen molar-refractivity contribution in [1.82, 2.24) is 9.97 Å². The summed E-state index contributed by atoms with van der Waals surface area (Å²) < 4.78 is 13.1. The Bertz CT molecular complexity index is 855. The largest absolute Gasteiger partial charge is 0.365 e. The molecule has 25 heavy (non-hydrogen) atoms. The average Bonchev–Trinajstić information content (AvgIpc) is 2.68. The summed E-state index contributed by atoms with van der Waals surface area (Å²) in [7, 11) is 0. The van der Waals surface area contributed by atoms with Gasteiger partial charge in [0.1, 0.15) is 17.5 Å². The van der Waals surface area contributed by atoms with Crippen LogP contribution in [0.1, 0.15) is 49.4 Å². The zero-order chi connectivity index (χ0) is 17.1. The number of fused-ring (bicyclic) bond motifs is 1. The topological polar surface area (TPSA) is 37.8 Å². The summed E-state index contributed by atoms with van der Waals surface area (Å²) in [6, 6.07) is 14.7. The molecule has 4 rings (SSSR count). The highest BCUT2D eigenvalue weighted by molar-refractivity contribution is 5.89. The number of hydrogen-bond acceptors (Lipinski definition) is 3. The number of benzene rings is 2. The van der Waals surface area contributed by atoms with Gasteiger partial charge >= 0.3 is 0 Å². The Morgan fingerprint density at radius 2 is 1.68 bits per heavy atom. The van der Waals surface area contributed by atoms with Crippen molar-refractivity contribution >= 4 is 16.7 Å². The van der Waals surface area contributed by atoms with Crippen LogP contribution < -0.4 is 5.32 Å². The molecule has 1 aliphatic carbocycles. The Balaban J connectivity index is 1.64. The third-order valence-electron chi connectivity index (χ3n) is 4.96. The first-order chi connectivity index (χ1) is 12.3. The molecule has 1 heterocycles. The van der Waals surface area contributed by atoms with Crippen LogP contribution in [-0.2, 0) is 6.54 Å². The summed E-state index contributed by atoms with van der Waals surface area (Å²) >= 11 is 0. The summed E-state index contributed by atoms with van der Waals surface area (Å²) in [5.41, 5.74) is 2.02. The van der Waals surface area contributed by atoms with E-state index in [1.165, 1.54) is 44.2 Å². The molecule has 0 aliphatic heterocycles. The number of nitrogens with zero attached hydrogens (tertiary/aromatic N) is 2. The first-order valence-electron chi connectivity index (χ1n) is 9.04. The summed E-state index contributed by atoms with van der Waals surface area (Å²) in [5, 5.41) is 4.46. The van der Waals surface area contributed by atoms with Crippen LogP contribution in [-0.4, -0.2) is 9.97 Å². The molecular formula is C21H22FN3. The molecule has 4 heteroatoms. The van der Waals surface area contributed by atoms with Gasteiger partial charge < -0.3 is 5.32 Å². The third kappa shape index (κ3) is 3.63. The minimum Gasteiger partial charge on any atom is -0.365 e. The molecule has 1 fully saturated rings. The van der Waals surface area contributed by atoms with E-state index in [1.807, 2.05) is 24.3 Å². The van der Waals surface area contributed by atoms with Gasteiger partial charge in [0, 0.05) is 17.8 Å². The van der Waals surface area contributed by atoms with Gasteiger partial charge in [0.15, 0.2) is 0 Å². The molecule has 3 aromatic rings. The molecule has 0 spiro atoms. The van der Waals surface area contributed by atoms with Gasteiger partial charge in [-0.25, -0.2) is 14.4 Å². The fourth-order valence-corrected chi connectivity index (χ4v) is 3.56. The molecule has 0 radical (unpaired) electrons. The molecule has 1 aliphatic rings. The van der Waals surface area contributed by atoms with E-state index in [1.54, 1.807) is 12.1 Å². The Morgan fingerprint density at radius 1 is 0.920 bits per heavy atom. The zero-order valence-electron chi connectivity index (χ0n) is 14.2. The number of rotatable bonds is 4. The number of nitrogens with one attached hydrogen (secondary N) is 1. The molecule has 3 nitrogen and oxygen atoms in total. The Kier molecular flexibility index (Phi) is 4.59. The monoisotopic (exact) mass is 335 g/mol. The van der Waals surface area contributed by atoms with Gasteiger partial charge in [0.05, 0.1) is 5.52 Å². The lowest BCUT2D eigenvalue weighted by Crippen LogP contribution is -2.11. The van der Waals surface area contributed by atoms with Crippen LogP contribution in [0.15, 0.2) is 48.5 Å². The van der Waals surface area contributed by atoms with Crippen molar-refractivity contribution in [3.63, 3.8) is 0 Å². The molecule has 1 N–H and O–H groups in total. The highest BCUT2D eigenvalue weighted by Gasteiger charge is 2.19. The van der Waals surface area contributed by atoms with Gasteiger partial charge in [-0.15, -0.1) is 0 Å². The lowest BCUT2D eigenvalue weighted by atomic mass is 9.88. The molecule has 128 valence electrons. The zero-order valence-corrected chi connectivity index (χ0v) is 14.2. The molecular weight excluding hydrogens is 313 g/mol. The van der Waals surface area contributed by atoms with Gasteiger partial charge in [-0.3, -0.25) is 0 Å². The van der Waals surface area contributed by atoms with E-state index in [4.69, 9.17) is 9.97 Å². The van der Waals surface area contributed by atoms with Crippen LogP contribution in [0.3, 0.4) is 0 Å². The van der Waals surface area contributed by atoms with Crippen LogP contribution in [0.25, 0.3) is 10.9 Å². The van der Waals surface area contributed by atoms with E-state index in [9.17, 15) is 4.39 Å². The summed E-state index contributed by atoms with van der Waals surface area (Å²) in [4.78, 5) is 9.69. The fraction of sp³-hybridized carbons (Fsp3) is 0.333. The van der Waals surface area contributed by atoms with Crippen molar-refractivity contribution in [2.45, 2.75) is 44.6 Å². The van der Waals surface area contributed by atoms with E-state index in [0.29, 0.717) is 12.5 Å². The van der Waals surface area contributed by atoms with Gasteiger partial charge in [-0.1, -0.05) is 43.5 Å². The van der Waals surface area contributed by atoms with E-state index in [0.717, 1.165) is 28.1 Å². The Morgan fingerprint density at radius 3 is 2.48 bits per heavy atom. The van der Waals surface area contributed by atoms with Crippen LogP contribution in [0.2, 0.25) is 0 Å². The van der Waals surface area contributed by atoms with Gasteiger partial charge in [-0.2, -0.15) is 0 Å². The van der Waals surface area contributed by atoms with Gasteiger partial charge in [0.25, 0.3) is 0 Å². The maximum atomic E-state index is 13.1. The highest BCUT2D eigenvalue weighted by Crippen LogP contribution is 2.33. The van der Waals surface area contributed by atoms with Crippen LogP contribution in [0.4, 0.5) is 10.2 Å². The highest BCUT2D eigenvalue weighted by atomic mass is 19.1. The lowest BCUT2D eigenvalue weighted by Gasteiger charge is -2.21. The molecule has 0 atom stereocenters. The summed E-state index contributed by atoms with van der Waals surface area (Å²) in [5.74, 6) is 2.08. The van der Waals surface area contributed by atoms with Gasteiger partial charge in [0.2, 0.25) is 0 Å². The minimum atomic E-state index is -0.212. The van der Waals surface area contributed by atoms with Crippen LogP contribution >= 0.6 is 0 Å². The standard InChI is InChI=1S/C21H22FN3/c22-17-12-10-15(11-13-17)14-23-21-18-8-4-5-9-19(18)24-20(25-21)16-6-2-1-3-7-16/h4-5,8-13,16H,1-3,6-7,14H2,(H,23,24,25).